The highest BCUT2D eigenvalue weighted by Gasteiger charge is 2.10. The first-order valence-electron chi connectivity index (χ1n) is 2.25. The lowest BCUT2D eigenvalue weighted by molar-refractivity contribution is 0.690. The van der Waals surface area contributed by atoms with Gasteiger partial charge in [0.1, 0.15) is 0 Å². The van der Waals surface area contributed by atoms with E-state index in [-0.39, 0.29) is 5.41 Å². The van der Waals surface area contributed by atoms with Crippen LogP contribution in [-0.4, -0.2) is 0 Å². The summed E-state index contributed by atoms with van der Waals surface area (Å²) in [7, 11) is 0. The Morgan fingerprint density at radius 2 is 1.43 bits per heavy atom. The van der Waals surface area contributed by atoms with Gasteiger partial charge in [-0.25, -0.2) is 0 Å². The van der Waals surface area contributed by atoms with E-state index in [1.807, 2.05) is 13.8 Å². The Morgan fingerprint density at radius 1 is 1.00 bits per heavy atom. The smallest absolute Gasteiger partial charge is 0.0697 e. The molecule has 1 aliphatic carbocycles. The standard InChI is InChI=1S/C7H6/c1-7(2)5-3-4-6-7/h1-2H3. The van der Waals surface area contributed by atoms with Crippen LogP contribution in [0.25, 0.3) is 0 Å². The molecule has 7 heavy (non-hydrogen) atoms. The molecule has 0 atom stereocenters. The summed E-state index contributed by atoms with van der Waals surface area (Å²) < 4.78 is 0. The van der Waals surface area contributed by atoms with Gasteiger partial charge in [-0.1, -0.05) is 11.8 Å². The number of rotatable bonds is 0. The maximum Gasteiger partial charge on any atom is 0.0883 e. The van der Waals surface area contributed by atoms with E-state index >= 15 is 0 Å². The number of hydrogen-bond donors (Lipinski definition) is 0. The summed E-state index contributed by atoms with van der Waals surface area (Å²) in [6, 6.07) is 0. The SMILES string of the molecule is CC1(C)C#CC#C1. The zero-order valence-corrected chi connectivity index (χ0v) is 4.50. The maximum absolute atomic E-state index is 2.92. The first-order chi connectivity index (χ1) is 3.21. The van der Waals surface area contributed by atoms with Gasteiger partial charge in [-0.15, -0.1) is 0 Å². The zero-order valence-electron chi connectivity index (χ0n) is 4.50. The molecule has 0 aromatic rings. The largest absolute Gasteiger partial charge is 0.0883 e. The topological polar surface area (TPSA) is 0 Å². The van der Waals surface area contributed by atoms with Crippen molar-refractivity contribution in [2.75, 3.05) is 0 Å². The van der Waals surface area contributed by atoms with Gasteiger partial charge in [0.15, 0.2) is 0 Å². The fourth-order valence-corrected chi connectivity index (χ4v) is 0.406. The molecular formula is C7H6. The molecule has 1 rings (SSSR count). The van der Waals surface area contributed by atoms with E-state index < -0.39 is 0 Å². The molecule has 0 aromatic heterocycles. The monoisotopic (exact) mass is 90.0 g/mol. The lowest BCUT2D eigenvalue weighted by Crippen LogP contribution is -1.99. The van der Waals surface area contributed by atoms with E-state index in [1.54, 1.807) is 0 Å². The Morgan fingerprint density at radius 3 is 1.57 bits per heavy atom. The highest BCUT2D eigenvalue weighted by molar-refractivity contribution is 5.41. The molecular weight excluding hydrogens is 84.1 g/mol. The molecule has 34 valence electrons. The molecule has 0 nitrogen and oxygen atoms in total. The molecule has 0 radical (unpaired) electrons. The Labute approximate surface area is 43.9 Å². The Balaban J connectivity index is 2.96. The van der Waals surface area contributed by atoms with Crippen molar-refractivity contribution in [3.05, 3.63) is 0 Å². The third-order valence-corrected chi connectivity index (χ3v) is 0.812. The summed E-state index contributed by atoms with van der Waals surface area (Å²) >= 11 is 0. The van der Waals surface area contributed by atoms with Crippen molar-refractivity contribution in [2.24, 2.45) is 5.41 Å². The van der Waals surface area contributed by atoms with Gasteiger partial charge >= 0.3 is 0 Å². The van der Waals surface area contributed by atoms with Crippen LogP contribution in [0.15, 0.2) is 0 Å². The van der Waals surface area contributed by atoms with Gasteiger partial charge in [0, 0.05) is 0 Å². The van der Waals surface area contributed by atoms with Gasteiger partial charge in [0.2, 0.25) is 0 Å². The van der Waals surface area contributed by atoms with Gasteiger partial charge < -0.3 is 0 Å². The Hall–Kier alpha value is -0.880. The summed E-state index contributed by atoms with van der Waals surface area (Å²) in [6.07, 6.45) is 0. The third-order valence-electron chi connectivity index (χ3n) is 0.812. The van der Waals surface area contributed by atoms with Crippen molar-refractivity contribution >= 4 is 0 Å². The second kappa shape index (κ2) is 1.04. The molecule has 0 saturated heterocycles. The molecule has 0 fully saturated rings. The third kappa shape index (κ3) is 0.756. The van der Waals surface area contributed by atoms with E-state index in [1.165, 1.54) is 0 Å². The molecule has 0 heteroatoms. The molecule has 0 spiro atoms. The number of hydrogen-bond acceptors (Lipinski definition) is 0. The second-order valence-electron chi connectivity index (χ2n) is 2.12. The van der Waals surface area contributed by atoms with Gasteiger partial charge in [0.05, 0.1) is 5.41 Å². The van der Waals surface area contributed by atoms with E-state index in [4.69, 9.17) is 0 Å². The normalized spacial score (nSPS) is 19.1. The van der Waals surface area contributed by atoms with Crippen LogP contribution in [-0.2, 0) is 0 Å². The van der Waals surface area contributed by atoms with Crippen LogP contribution in [0.2, 0.25) is 0 Å². The lowest BCUT2D eigenvalue weighted by atomic mass is 9.98. The van der Waals surface area contributed by atoms with Crippen molar-refractivity contribution in [3.63, 3.8) is 0 Å². The molecule has 0 heterocycles. The van der Waals surface area contributed by atoms with E-state index in [9.17, 15) is 0 Å². The zero-order chi connectivity index (χ0) is 5.33. The van der Waals surface area contributed by atoms with Crippen LogP contribution in [0.3, 0.4) is 0 Å². The second-order valence-corrected chi connectivity index (χ2v) is 2.12. The average molecular weight is 90.1 g/mol. The van der Waals surface area contributed by atoms with E-state index in [2.05, 4.69) is 23.7 Å². The van der Waals surface area contributed by atoms with Crippen LogP contribution < -0.4 is 0 Å². The van der Waals surface area contributed by atoms with Crippen molar-refractivity contribution in [3.8, 4) is 23.7 Å². The first kappa shape index (κ1) is 4.28. The highest BCUT2D eigenvalue weighted by atomic mass is 14.1. The fourth-order valence-electron chi connectivity index (χ4n) is 0.406. The minimum atomic E-state index is -0.0278. The van der Waals surface area contributed by atoms with E-state index in [0.717, 1.165) is 0 Å². The van der Waals surface area contributed by atoms with Gasteiger partial charge in [-0.3, -0.25) is 0 Å². The Bertz CT molecular complexity index is 166. The predicted octanol–water partition coefficient (Wildman–Crippen LogP) is 1.03. The van der Waals surface area contributed by atoms with Gasteiger partial charge in [-0.05, 0) is 25.7 Å². The molecule has 0 aliphatic heterocycles. The molecule has 0 aromatic carbocycles. The molecule has 0 N–H and O–H groups in total. The van der Waals surface area contributed by atoms with Crippen molar-refractivity contribution < 1.29 is 0 Å². The predicted molar refractivity (Wildman–Crippen MR) is 29.3 cm³/mol. The summed E-state index contributed by atoms with van der Waals surface area (Å²) in [4.78, 5) is 0. The maximum atomic E-state index is 2.92. The molecule has 0 bridgehead atoms. The fraction of sp³-hybridized carbons (Fsp3) is 0.429. The summed E-state index contributed by atoms with van der Waals surface area (Å²) in [5.41, 5.74) is -0.0278. The van der Waals surface area contributed by atoms with Crippen LogP contribution >= 0.6 is 0 Å². The van der Waals surface area contributed by atoms with Crippen LogP contribution in [0, 0.1) is 29.1 Å². The lowest BCUT2D eigenvalue weighted by Gasteiger charge is -2.01. The highest BCUT2D eigenvalue weighted by Crippen LogP contribution is 2.12. The summed E-state index contributed by atoms with van der Waals surface area (Å²) in [5.74, 6) is 11.2. The Kier molecular flexibility index (Phi) is 0.639. The van der Waals surface area contributed by atoms with Crippen molar-refractivity contribution in [1.29, 1.82) is 0 Å². The average Bonchev–Trinajstić information content (AvgIpc) is 1.84. The van der Waals surface area contributed by atoms with Crippen LogP contribution in [0.4, 0.5) is 0 Å². The summed E-state index contributed by atoms with van der Waals surface area (Å²) in [6.45, 7) is 4.03. The molecule has 0 unspecified atom stereocenters. The first-order valence-corrected chi connectivity index (χ1v) is 2.25. The summed E-state index contributed by atoms with van der Waals surface area (Å²) in [5, 5.41) is 0. The van der Waals surface area contributed by atoms with Gasteiger partial charge in [0.25, 0.3) is 0 Å². The van der Waals surface area contributed by atoms with Crippen molar-refractivity contribution in [1.82, 2.24) is 0 Å². The molecule has 0 saturated carbocycles. The molecule has 0 amide bonds. The minimum absolute atomic E-state index is 0.0278. The van der Waals surface area contributed by atoms with E-state index in [0.29, 0.717) is 0 Å². The quantitative estimate of drug-likeness (QED) is 0.390. The van der Waals surface area contributed by atoms with Crippen molar-refractivity contribution in [2.45, 2.75) is 13.8 Å². The van der Waals surface area contributed by atoms with Crippen LogP contribution in [0.5, 0.6) is 0 Å². The van der Waals surface area contributed by atoms with Crippen LogP contribution in [0.1, 0.15) is 13.8 Å². The van der Waals surface area contributed by atoms with Gasteiger partial charge in [-0.2, -0.15) is 0 Å². The molecule has 1 aliphatic rings. The minimum Gasteiger partial charge on any atom is -0.0697 e.